The van der Waals surface area contributed by atoms with Gasteiger partial charge in [-0.1, -0.05) is 195 Å². The summed E-state index contributed by atoms with van der Waals surface area (Å²) in [6, 6.07) is 0. The van der Waals surface area contributed by atoms with Gasteiger partial charge in [-0.2, -0.15) is 0 Å². The second kappa shape index (κ2) is 51.4. The largest absolute Gasteiger partial charge is 0.385 e. The number of rotatable bonds is 48. The lowest BCUT2D eigenvalue weighted by Crippen LogP contribution is -2.46. The van der Waals surface area contributed by atoms with Gasteiger partial charge >= 0.3 is 0 Å². The molecular weight excluding hydrogens is 789 g/mol. The van der Waals surface area contributed by atoms with Gasteiger partial charge in [-0.15, -0.1) is 0 Å². The molecular formula is C57H116N4O3. The van der Waals surface area contributed by atoms with E-state index in [0.717, 1.165) is 64.4 Å². The number of amides is 1. The Kier molecular flexibility index (Phi) is 50.6. The molecule has 1 heterocycles. The van der Waals surface area contributed by atoms with Crippen LogP contribution in [0.25, 0.3) is 0 Å². The third kappa shape index (κ3) is 42.3. The van der Waals surface area contributed by atoms with Gasteiger partial charge in [-0.3, -0.25) is 9.69 Å². The summed E-state index contributed by atoms with van der Waals surface area (Å²) < 4.78 is 4.69. The van der Waals surface area contributed by atoms with E-state index in [9.17, 15) is 9.59 Å². The number of carbonyl (C=O) groups excluding carboxylic acids is 2. The topological polar surface area (TPSA) is 56.3 Å². The lowest BCUT2D eigenvalue weighted by molar-refractivity contribution is -0.134. The minimum atomic E-state index is 0.382. The first-order valence-electron chi connectivity index (χ1n) is 28.9. The van der Waals surface area contributed by atoms with E-state index in [-0.39, 0.29) is 0 Å². The fraction of sp³-hybridized carbons (Fsp3) is 0.965. The highest BCUT2D eigenvalue weighted by Gasteiger charge is 2.25. The summed E-state index contributed by atoms with van der Waals surface area (Å²) in [6.45, 7) is 24.0. The molecule has 0 aromatic heterocycles. The summed E-state index contributed by atoms with van der Waals surface area (Å²) >= 11 is 0. The Labute approximate surface area is 402 Å². The normalized spacial score (nSPS) is 13.4. The molecule has 1 aliphatic rings. The molecule has 7 nitrogen and oxygen atoms in total. The van der Waals surface area contributed by atoms with Crippen molar-refractivity contribution in [3.8, 4) is 0 Å². The van der Waals surface area contributed by atoms with Gasteiger partial charge in [0.25, 0.3) is 0 Å². The Morgan fingerprint density at radius 2 is 0.797 bits per heavy atom. The zero-order chi connectivity index (χ0) is 46.8. The van der Waals surface area contributed by atoms with Crippen molar-refractivity contribution < 1.29 is 14.3 Å². The average Bonchev–Trinajstić information content (AvgIpc) is 3.31. The SMILES string of the molecule is CCCCCCCCCN(CCCCCC=O)CCC1CCN(C(=O)CN(CCCCCCCCC)CCN(CCCCCCCCC)CCCCCCCCC)CC1.CCCOC. The average molecular weight is 906 g/mol. The third-order valence-electron chi connectivity index (χ3n) is 13.9. The number of methoxy groups -OCH3 is 1. The van der Waals surface area contributed by atoms with Crippen LogP contribution in [0, 0.1) is 5.92 Å². The summed E-state index contributed by atoms with van der Waals surface area (Å²) in [7, 11) is 1.71. The molecule has 1 saturated heterocycles. The van der Waals surface area contributed by atoms with Crippen LogP contribution in [0.2, 0.25) is 0 Å². The van der Waals surface area contributed by atoms with Gasteiger partial charge in [0.05, 0.1) is 6.54 Å². The number of likely N-dealkylation sites (tertiary alicyclic amines) is 1. The summed E-state index contributed by atoms with van der Waals surface area (Å²) in [5.41, 5.74) is 0. The van der Waals surface area contributed by atoms with Gasteiger partial charge in [0.1, 0.15) is 6.29 Å². The molecule has 1 rings (SSSR count). The molecule has 0 spiro atoms. The van der Waals surface area contributed by atoms with E-state index in [1.165, 1.54) is 245 Å². The second-order valence-electron chi connectivity index (χ2n) is 20.1. The van der Waals surface area contributed by atoms with E-state index in [0.29, 0.717) is 18.9 Å². The maximum Gasteiger partial charge on any atom is 0.236 e. The van der Waals surface area contributed by atoms with Crippen LogP contribution in [0.15, 0.2) is 0 Å². The molecule has 0 saturated carbocycles. The zero-order valence-electron chi connectivity index (χ0n) is 44.6. The highest BCUT2D eigenvalue weighted by atomic mass is 16.5. The number of piperidine rings is 1. The molecule has 0 bridgehead atoms. The van der Waals surface area contributed by atoms with Crippen molar-refractivity contribution >= 4 is 12.2 Å². The summed E-state index contributed by atoms with van der Waals surface area (Å²) in [4.78, 5) is 35.0. The molecule has 1 fully saturated rings. The van der Waals surface area contributed by atoms with E-state index in [1.54, 1.807) is 7.11 Å². The molecule has 0 radical (unpaired) electrons. The van der Waals surface area contributed by atoms with Crippen LogP contribution in [0.3, 0.4) is 0 Å². The first kappa shape index (κ1) is 63.0. The highest BCUT2D eigenvalue weighted by Crippen LogP contribution is 2.22. The quantitative estimate of drug-likeness (QED) is 0.0448. The Hall–Kier alpha value is -1.02. The van der Waals surface area contributed by atoms with Gasteiger partial charge in [-0.25, -0.2) is 0 Å². The van der Waals surface area contributed by atoms with Crippen molar-refractivity contribution in [1.82, 2.24) is 19.6 Å². The molecule has 0 N–H and O–H groups in total. The smallest absolute Gasteiger partial charge is 0.236 e. The lowest BCUT2D eigenvalue weighted by Gasteiger charge is -2.35. The second-order valence-corrected chi connectivity index (χ2v) is 20.1. The van der Waals surface area contributed by atoms with Gasteiger partial charge in [0.2, 0.25) is 5.91 Å². The maximum atomic E-state index is 13.9. The molecule has 382 valence electrons. The molecule has 0 atom stereocenters. The fourth-order valence-corrected chi connectivity index (χ4v) is 9.47. The van der Waals surface area contributed by atoms with Crippen LogP contribution >= 0.6 is 0 Å². The first-order chi connectivity index (χ1) is 31.5. The molecule has 1 aliphatic heterocycles. The Balaban J connectivity index is 0.00000748. The van der Waals surface area contributed by atoms with Gasteiger partial charge in [0, 0.05) is 46.3 Å². The number of unbranched alkanes of at least 4 members (excludes halogenated alkanes) is 27. The predicted molar refractivity (Wildman–Crippen MR) is 282 cm³/mol. The number of ether oxygens (including phenoxy) is 1. The summed E-state index contributed by atoms with van der Waals surface area (Å²) in [5.74, 6) is 1.12. The van der Waals surface area contributed by atoms with Crippen molar-refractivity contribution in [2.75, 3.05) is 85.7 Å². The van der Waals surface area contributed by atoms with Crippen LogP contribution in [0.1, 0.15) is 266 Å². The third-order valence-corrected chi connectivity index (χ3v) is 13.9. The zero-order valence-corrected chi connectivity index (χ0v) is 44.6. The molecule has 64 heavy (non-hydrogen) atoms. The maximum absolute atomic E-state index is 13.9. The number of carbonyl (C=O) groups is 2. The molecule has 0 aromatic rings. The molecule has 0 aromatic carbocycles. The van der Waals surface area contributed by atoms with E-state index >= 15 is 0 Å². The van der Waals surface area contributed by atoms with Crippen LogP contribution in [0.5, 0.6) is 0 Å². The van der Waals surface area contributed by atoms with Crippen LogP contribution in [-0.2, 0) is 14.3 Å². The van der Waals surface area contributed by atoms with Gasteiger partial charge in [0.15, 0.2) is 0 Å². The minimum absolute atomic E-state index is 0.382. The molecule has 0 aliphatic carbocycles. The van der Waals surface area contributed by atoms with Crippen molar-refractivity contribution in [2.45, 2.75) is 266 Å². The summed E-state index contributed by atoms with van der Waals surface area (Å²) in [5, 5.41) is 0. The first-order valence-corrected chi connectivity index (χ1v) is 28.9. The monoisotopic (exact) mass is 905 g/mol. The van der Waals surface area contributed by atoms with Crippen molar-refractivity contribution in [3.05, 3.63) is 0 Å². The number of nitrogens with zero attached hydrogens (tertiary/aromatic N) is 4. The van der Waals surface area contributed by atoms with E-state index in [4.69, 9.17) is 4.74 Å². The van der Waals surface area contributed by atoms with Crippen molar-refractivity contribution in [1.29, 1.82) is 0 Å². The van der Waals surface area contributed by atoms with Crippen LogP contribution < -0.4 is 0 Å². The number of aldehydes is 1. The Morgan fingerprint density at radius 3 is 1.16 bits per heavy atom. The number of hydrogen-bond donors (Lipinski definition) is 0. The minimum Gasteiger partial charge on any atom is -0.385 e. The van der Waals surface area contributed by atoms with Gasteiger partial charge in [-0.05, 0) is 109 Å². The van der Waals surface area contributed by atoms with Crippen molar-refractivity contribution in [3.63, 3.8) is 0 Å². The van der Waals surface area contributed by atoms with Crippen LogP contribution in [0.4, 0.5) is 0 Å². The molecule has 0 unspecified atom stereocenters. The van der Waals surface area contributed by atoms with E-state index in [1.807, 2.05) is 0 Å². The van der Waals surface area contributed by atoms with E-state index in [2.05, 4.69) is 54.2 Å². The molecule has 1 amide bonds. The predicted octanol–water partition coefficient (Wildman–Crippen LogP) is 15.3. The molecule has 7 heteroatoms. The fourth-order valence-electron chi connectivity index (χ4n) is 9.47. The highest BCUT2D eigenvalue weighted by molar-refractivity contribution is 5.78. The van der Waals surface area contributed by atoms with Crippen LogP contribution in [-0.4, -0.2) is 118 Å². The lowest BCUT2D eigenvalue weighted by atomic mass is 9.93. The Morgan fingerprint density at radius 1 is 0.453 bits per heavy atom. The standard InChI is InChI=1S/C53H106N4O2.C4H10O/c1-5-9-13-17-21-25-31-40-54(41-34-29-30-36-50-58)45-37-52-38-46-57(47-39-52)53(59)51-56(44-35-28-24-20-16-12-8-4)49-48-55(42-32-26-22-18-14-10-6-2)43-33-27-23-19-15-11-7-3;1-3-4-5-2/h50,52H,5-49,51H2,1-4H3;3-4H2,1-2H3. The van der Waals surface area contributed by atoms with Crippen molar-refractivity contribution in [2.24, 2.45) is 5.92 Å². The summed E-state index contributed by atoms with van der Waals surface area (Å²) in [6.07, 6.45) is 48.0. The van der Waals surface area contributed by atoms with E-state index < -0.39 is 0 Å². The van der Waals surface area contributed by atoms with Gasteiger partial charge < -0.3 is 24.2 Å². The number of hydrogen-bond acceptors (Lipinski definition) is 6. The Bertz CT molecular complexity index is 908.